The number of hydrogen-bond acceptors (Lipinski definition) is 3. The van der Waals surface area contributed by atoms with Crippen molar-refractivity contribution in [2.45, 2.75) is 45.8 Å². The van der Waals surface area contributed by atoms with Crippen molar-refractivity contribution in [3.8, 4) is 0 Å². The molecule has 0 spiro atoms. The number of ketones is 1. The maximum absolute atomic E-state index is 12.1. The molecule has 1 aliphatic heterocycles. The van der Waals surface area contributed by atoms with Gasteiger partial charge in [0.05, 0.1) is 23.3 Å². The van der Waals surface area contributed by atoms with Gasteiger partial charge in [0.25, 0.3) is 0 Å². The fraction of sp³-hybridized carbons (Fsp3) is 0.588. The minimum Gasteiger partial charge on any atom is -0.352 e. The summed E-state index contributed by atoms with van der Waals surface area (Å²) in [6.07, 6.45) is 2.90. The van der Waals surface area contributed by atoms with Gasteiger partial charge < -0.3 is 9.47 Å². The molecule has 22 heavy (non-hydrogen) atoms. The van der Waals surface area contributed by atoms with Crippen LogP contribution in [0.15, 0.2) is 18.2 Å². The molecule has 1 saturated heterocycles. The summed E-state index contributed by atoms with van der Waals surface area (Å²) < 4.78 is 11.3. The monoisotopic (exact) mass is 344 g/mol. The number of halogens is 2. The molecule has 5 heteroatoms. The Balaban J connectivity index is 1.68. The van der Waals surface area contributed by atoms with Crippen molar-refractivity contribution in [2.24, 2.45) is 5.41 Å². The SMILES string of the molecule is CC1(C)COC(CCCCC(=O)c2ccc(Cl)c(Cl)c2)OC1. The number of rotatable bonds is 6. The summed E-state index contributed by atoms with van der Waals surface area (Å²) in [5.74, 6) is 0.0881. The largest absolute Gasteiger partial charge is 0.352 e. The summed E-state index contributed by atoms with van der Waals surface area (Å²) in [5.41, 5.74) is 0.710. The first kappa shape index (κ1) is 17.7. The molecule has 1 fully saturated rings. The molecule has 1 aromatic carbocycles. The highest BCUT2D eigenvalue weighted by molar-refractivity contribution is 6.42. The molecule has 0 unspecified atom stereocenters. The second-order valence-electron chi connectivity index (χ2n) is 6.51. The molecule has 122 valence electrons. The van der Waals surface area contributed by atoms with E-state index in [0.717, 1.165) is 32.5 Å². The van der Waals surface area contributed by atoms with E-state index in [-0.39, 0.29) is 17.5 Å². The van der Waals surface area contributed by atoms with Crippen molar-refractivity contribution in [3.05, 3.63) is 33.8 Å². The summed E-state index contributed by atoms with van der Waals surface area (Å²) in [5, 5.41) is 0.881. The summed E-state index contributed by atoms with van der Waals surface area (Å²) in [7, 11) is 0. The Morgan fingerprint density at radius 3 is 2.50 bits per heavy atom. The van der Waals surface area contributed by atoms with E-state index < -0.39 is 0 Å². The molecule has 0 bridgehead atoms. The van der Waals surface area contributed by atoms with Gasteiger partial charge in [-0.3, -0.25) is 4.79 Å². The van der Waals surface area contributed by atoms with E-state index in [0.29, 0.717) is 22.0 Å². The minimum absolute atomic E-state index is 0.0881. The van der Waals surface area contributed by atoms with Crippen molar-refractivity contribution >= 4 is 29.0 Å². The maximum atomic E-state index is 12.1. The lowest BCUT2D eigenvalue weighted by atomic mass is 9.95. The molecule has 0 amide bonds. The number of carbonyl (C=O) groups is 1. The second-order valence-corrected chi connectivity index (χ2v) is 7.33. The van der Waals surface area contributed by atoms with E-state index in [1.165, 1.54) is 0 Å². The van der Waals surface area contributed by atoms with E-state index in [1.807, 2.05) is 0 Å². The standard InChI is InChI=1S/C17H22Cl2O3/c1-17(2)10-21-16(22-11-17)6-4-3-5-15(20)12-7-8-13(18)14(19)9-12/h7-9,16H,3-6,10-11H2,1-2H3. The van der Waals surface area contributed by atoms with Crippen LogP contribution >= 0.6 is 23.2 Å². The average molecular weight is 345 g/mol. The van der Waals surface area contributed by atoms with Crippen LogP contribution in [0.1, 0.15) is 49.9 Å². The molecule has 0 saturated carbocycles. The Labute approximate surface area is 141 Å². The normalized spacial score (nSPS) is 18.4. The van der Waals surface area contributed by atoms with E-state index in [2.05, 4.69) is 13.8 Å². The number of Topliss-reactive ketones (excluding diaryl/α,β-unsaturated/α-hetero) is 1. The highest BCUT2D eigenvalue weighted by Gasteiger charge is 2.27. The third kappa shape index (κ3) is 5.24. The minimum atomic E-state index is -0.131. The highest BCUT2D eigenvalue weighted by atomic mass is 35.5. The van der Waals surface area contributed by atoms with Crippen LogP contribution in [0.3, 0.4) is 0 Å². The van der Waals surface area contributed by atoms with Gasteiger partial charge in [0, 0.05) is 17.4 Å². The zero-order chi connectivity index (χ0) is 16.2. The number of carbonyl (C=O) groups excluding carboxylic acids is 1. The van der Waals surface area contributed by atoms with Gasteiger partial charge in [0.2, 0.25) is 0 Å². The lowest BCUT2D eigenvalue weighted by molar-refractivity contribution is -0.224. The Bertz CT molecular complexity index is 519. The molecular weight excluding hydrogens is 323 g/mol. The molecule has 3 nitrogen and oxygen atoms in total. The number of hydrogen-bond donors (Lipinski definition) is 0. The first-order valence-corrected chi connectivity index (χ1v) is 8.34. The fourth-order valence-electron chi connectivity index (χ4n) is 2.30. The Kier molecular flexibility index (Phi) is 6.27. The third-order valence-corrected chi connectivity index (χ3v) is 4.39. The van der Waals surface area contributed by atoms with Gasteiger partial charge in [0.15, 0.2) is 12.1 Å². The maximum Gasteiger partial charge on any atom is 0.162 e. The van der Waals surface area contributed by atoms with Crippen molar-refractivity contribution in [1.82, 2.24) is 0 Å². The molecule has 1 aromatic rings. The summed E-state index contributed by atoms with van der Waals surface area (Å²) >= 11 is 11.8. The van der Waals surface area contributed by atoms with Crippen LogP contribution in [0.25, 0.3) is 0 Å². The quantitative estimate of drug-likeness (QED) is 0.529. The van der Waals surface area contributed by atoms with Crippen molar-refractivity contribution in [1.29, 1.82) is 0 Å². The van der Waals surface area contributed by atoms with E-state index in [4.69, 9.17) is 32.7 Å². The van der Waals surface area contributed by atoms with Crippen LogP contribution < -0.4 is 0 Å². The second kappa shape index (κ2) is 7.78. The summed E-state index contributed by atoms with van der Waals surface area (Å²) in [6.45, 7) is 5.69. The zero-order valence-electron chi connectivity index (χ0n) is 13.0. The van der Waals surface area contributed by atoms with Crippen LogP contribution in [0.4, 0.5) is 0 Å². The van der Waals surface area contributed by atoms with Gasteiger partial charge >= 0.3 is 0 Å². The molecule has 1 aliphatic rings. The van der Waals surface area contributed by atoms with Crippen LogP contribution in [-0.2, 0) is 9.47 Å². The third-order valence-electron chi connectivity index (χ3n) is 3.66. The van der Waals surface area contributed by atoms with Crippen molar-refractivity contribution in [3.63, 3.8) is 0 Å². The number of benzene rings is 1. The van der Waals surface area contributed by atoms with Gasteiger partial charge in [0.1, 0.15) is 0 Å². The molecule has 0 aliphatic carbocycles. The summed E-state index contributed by atoms with van der Waals surface area (Å²) in [6, 6.07) is 5.00. The Morgan fingerprint density at radius 2 is 1.86 bits per heavy atom. The van der Waals surface area contributed by atoms with Gasteiger partial charge in [-0.2, -0.15) is 0 Å². The highest BCUT2D eigenvalue weighted by Crippen LogP contribution is 2.26. The fourth-order valence-corrected chi connectivity index (χ4v) is 2.60. The van der Waals surface area contributed by atoms with Gasteiger partial charge in [-0.25, -0.2) is 0 Å². The molecule has 0 atom stereocenters. The zero-order valence-corrected chi connectivity index (χ0v) is 14.5. The smallest absolute Gasteiger partial charge is 0.162 e. The molecule has 0 radical (unpaired) electrons. The number of unbranched alkanes of at least 4 members (excludes halogenated alkanes) is 1. The first-order chi connectivity index (χ1) is 10.4. The molecular formula is C17H22Cl2O3. The summed E-state index contributed by atoms with van der Waals surface area (Å²) in [4.78, 5) is 12.1. The lowest BCUT2D eigenvalue weighted by Gasteiger charge is -2.34. The predicted molar refractivity (Wildman–Crippen MR) is 88.7 cm³/mol. The molecule has 1 heterocycles. The molecule has 0 N–H and O–H groups in total. The van der Waals surface area contributed by atoms with Gasteiger partial charge in [-0.05, 0) is 37.5 Å². The topological polar surface area (TPSA) is 35.5 Å². The molecule has 2 rings (SSSR count). The van der Waals surface area contributed by atoms with Crippen LogP contribution in [0.2, 0.25) is 10.0 Å². The Morgan fingerprint density at radius 1 is 1.18 bits per heavy atom. The van der Waals surface area contributed by atoms with Gasteiger partial charge in [-0.15, -0.1) is 0 Å². The van der Waals surface area contributed by atoms with Gasteiger partial charge in [-0.1, -0.05) is 37.0 Å². The number of ether oxygens (including phenoxy) is 2. The van der Waals surface area contributed by atoms with E-state index >= 15 is 0 Å². The van der Waals surface area contributed by atoms with Crippen LogP contribution in [0, 0.1) is 5.41 Å². The van der Waals surface area contributed by atoms with Crippen molar-refractivity contribution in [2.75, 3.05) is 13.2 Å². The average Bonchev–Trinajstić information content (AvgIpc) is 2.47. The molecule has 0 aromatic heterocycles. The predicted octanol–water partition coefficient (Wildman–Crippen LogP) is 5.14. The van der Waals surface area contributed by atoms with Crippen LogP contribution in [-0.4, -0.2) is 25.3 Å². The van der Waals surface area contributed by atoms with E-state index in [1.54, 1.807) is 18.2 Å². The Hall–Kier alpha value is -0.610. The van der Waals surface area contributed by atoms with E-state index in [9.17, 15) is 4.79 Å². The van der Waals surface area contributed by atoms with Crippen molar-refractivity contribution < 1.29 is 14.3 Å². The first-order valence-electron chi connectivity index (χ1n) is 7.59. The lowest BCUT2D eigenvalue weighted by Crippen LogP contribution is -2.37. The van der Waals surface area contributed by atoms with Crippen LogP contribution in [0.5, 0.6) is 0 Å².